The second kappa shape index (κ2) is 4.02. The fraction of sp³-hybridized carbons (Fsp3) is 1.00. The van der Waals surface area contributed by atoms with Gasteiger partial charge in [-0.25, -0.2) is 4.39 Å². The molecule has 3 heteroatoms. The molecule has 2 atom stereocenters. The third-order valence-corrected chi connectivity index (χ3v) is 1.80. The average molecular weight is 161 g/mol. The lowest BCUT2D eigenvalue weighted by Crippen LogP contribution is -2.43. The molecule has 0 aromatic rings. The molecule has 1 fully saturated rings. The highest BCUT2D eigenvalue weighted by molar-refractivity contribution is 4.78. The molecular weight excluding hydrogens is 145 g/mol. The van der Waals surface area contributed by atoms with Gasteiger partial charge in [-0.2, -0.15) is 0 Å². The second-order valence-corrected chi connectivity index (χ2v) is 3.23. The van der Waals surface area contributed by atoms with Gasteiger partial charge < -0.3 is 10.1 Å². The lowest BCUT2D eigenvalue weighted by Gasteiger charge is -2.28. The van der Waals surface area contributed by atoms with Crippen LogP contribution in [0.25, 0.3) is 0 Å². The van der Waals surface area contributed by atoms with E-state index in [4.69, 9.17) is 4.74 Å². The van der Waals surface area contributed by atoms with Crippen LogP contribution >= 0.6 is 0 Å². The normalized spacial score (nSPS) is 32.7. The van der Waals surface area contributed by atoms with Gasteiger partial charge in [0.15, 0.2) is 0 Å². The van der Waals surface area contributed by atoms with Crippen molar-refractivity contribution in [2.75, 3.05) is 13.1 Å². The fourth-order valence-corrected chi connectivity index (χ4v) is 1.30. The first-order chi connectivity index (χ1) is 5.20. The van der Waals surface area contributed by atoms with Crippen LogP contribution in [0.4, 0.5) is 4.39 Å². The summed E-state index contributed by atoms with van der Waals surface area (Å²) in [5.74, 6) is 0. The summed E-state index contributed by atoms with van der Waals surface area (Å²) in [4.78, 5) is 0. The highest BCUT2D eigenvalue weighted by Crippen LogP contribution is 2.13. The predicted octanol–water partition coefficient (Wildman–Crippen LogP) is 1.11. The van der Waals surface area contributed by atoms with Crippen LogP contribution in [0.2, 0.25) is 0 Å². The molecule has 0 unspecified atom stereocenters. The Hall–Kier alpha value is -0.150. The van der Waals surface area contributed by atoms with Crippen molar-refractivity contribution < 1.29 is 9.13 Å². The molecule has 0 radical (unpaired) electrons. The molecule has 2 nitrogen and oxygen atoms in total. The van der Waals surface area contributed by atoms with Crippen LogP contribution in [0.1, 0.15) is 20.3 Å². The Bertz CT molecular complexity index is 119. The van der Waals surface area contributed by atoms with Gasteiger partial charge in [0, 0.05) is 6.54 Å². The molecule has 1 N–H and O–H groups in total. The van der Waals surface area contributed by atoms with Crippen molar-refractivity contribution in [3.8, 4) is 0 Å². The Morgan fingerprint density at radius 2 is 2.27 bits per heavy atom. The molecule has 0 saturated carbocycles. The van der Waals surface area contributed by atoms with Gasteiger partial charge in [0.2, 0.25) is 0 Å². The molecule has 0 aromatic heterocycles. The lowest BCUT2D eigenvalue weighted by atomic mass is 10.1. The largest absolute Gasteiger partial charge is 0.372 e. The van der Waals surface area contributed by atoms with Crippen LogP contribution in [0, 0.1) is 0 Å². The number of nitrogens with one attached hydrogen (secondary N) is 1. The average Bonchev–Trinajstić information content (AvgIpc) is 1.93. The molecule has 0 aromatic carbocycles. The topological polar surface area (TPSA) is 21.3 Å². The minimum Gasteiger partial charge on any atom is -0.372 e. The quantitative estimate of drug-likeness (QED) is 0.655. The molecule has 1 aliphatic heterocycles. The van der Waals surface area contributed by atoms with E-state index in [0.29, 0.717) is 6.54 Å². The first kappa shape index (κ1) is 8.94. The van der Waals surface area contributed by atoms with Gasteiger partial charge in [-0.15, -0.1) is 0 Å². The molecule has 11 heavy (non-hydrogen) atoms. The van der Waals surface area contributed by atoms with Crippen LogP contribution in [0.15, 0.2) is 0 Å². The third kappa shape index (κ3) is 2.75. The van der Waals surface area contributed by atoms with E-state index in [-0.39, 0.29) is 12.2 Å². The molecule has 66 valence electrons. The Kier molecular flexibility index (Phi) is 3.27. The Labute approximate surface area is 67.1 Å². The summed E-state index contributed by atoms with van der Waals surface area (Å²) in [6, 6.07) is 0. The van der Waals surface area contributed by atoms with Gasteiger partial charge in [0.1, 0.15) is 6.17 Å². The van der Waals surface area contributed by atoms with E-state index in [9.17, 15) is 4.39 Å². The minimum absolute atomic E-state index is 0.136. The van der Waals surface area contributed by atoms with E-state index in [2.05, 4.69) is 5.32 Å². The van der Waals surface area contributed by atoms with Crippen LogP contribution in [0.3, 0.4) is 0 Å². The number of alkyl halides is 1. The zero-order chi connectivity index (χ0) is 8.27. The Morgan fingerprint density at radius 3 is 2.82 bits per heavy atom. The summed E-state index contributed by atoms with van der Waals surface area (Å²) >= 11 is 0. The highest BCUT2D eigenvalue weighted by atomic mass is 19.1. The van der Waals surface area contributed by atoms with Gasteiger partial charge in [0.25, 0.3) is 0 Å². The highest BCUT2D eigenvalue weighted by Gasteiger charge is 2.25. The van der Waals surface area contributed by atoms with E-state index in [1.807, 2.05) is 13.8 Å². The third-order valence-electron chi connectivity index (χ3n) is 1.80. The summed E-state index contributed by atoms with van der Waals surface area (Å²) in [5.41, 5.74) is 0. The molecule has 0 aliphatic carbocycles. The standard InChI is InChI=1S/C8H16FNO/c1-6(2)11-8-3-4-10-5-7(8)9/h6-8,10H,3-5H2,1-2H3/t7-,8+/m0/s1. The predicted molar refractivity (Wildman–Crippen MR) is 42.4 cm³/mol. The SMILES string of the molecule is CC(C)O[C@@H]1CCNC[C@@H]1F. The molecule has 1 saturated heterocycles. The van der Waals surface area contributed by atoms with Gasteiger partial charge in [-0.1, -0.05) is 0 Å². The molecular formula is C8H16FNO. The molecule has 1 rings (SSSR count). The van der Waals surface area contributed by atoms with Gasteiger partial charge >= 0.3 is 0 Å². The van der Waals surface area contributed by atoms with Gasteiger partial charge in [-0.3, -0.25) is 0 Å². The van der Waals surface area contributed by atoms with Crippen molar-refractivity contribution in [1.82, 2.24) is 5.32 Å². The number of halogens is 1. The van der Waals surface area contributed by atoms with E-state index < -0.39 is 6.17 Å². The summed E-state index contributed by atoms with van der Waals surface area (Å²) < 4.78 is 18.4. The van der Waals surface area contributed by atoms with Gasteiger partial charge in [-0.05, 0) is 26.8 Å². The Morgan fingerprint density at radius 1 is 1.55 bits per heavy atom. The van der Waals surface area contributed by atoms with Crippen molar-refractivity contribution in [3.05, 3.63) is 0 Å². The summed E-state index contributed by atoms with van der Waals surface area (Å²) in [6.45, 7) is 5.19. The molecule has 1 aliphatic rings. The van der Waals surface area contributed by atoms with E-state index in [1.165, 1.54) is 0 Å². The summed E-state index contributed by atoms with van der Waals surface area (Å²) in [6.07, 6.45) is -0.0851. The fourth-order valence-electron chi connectivity index (χ4n) is 1.30. The monoisotopic (exact) mass is 161 g/mol. The zero-order valence-electron chi connectivity index (χ0n) is 7.14. The minimum atomic E-state index is -0.828. The summed E-state index contributed by atoms with van der Waals surface area (Å²) in [5, 5.41) is 2.98. The maximum absolute atomic E-state index is 13.0. The molecule has 0 bridgehead atoms. The lowest BCUT2D eigenvalue weighted by molar-refractivity contribution is -0.0495. The first-order valence-corrected chi connectivity index (χ1v) is 4.20. The maximum atomic E-state index is 13.0. The van der Waals surface area contributed by atoms with Crippen LogP contribution in [0.5, 0.6) is 0 Å². The maximum Gasteiger partial charge on any atom is 0.139 e. The van der Waals surface area contributed by atoms with Crippen molar-refractivity contribution in [3.63, 3.8) is 0 Å². The van der Waals surface area contributed by atoms with Crippen molar-refractivity contribution in [2.24, 2.45) is 0 Å². The zero-order valence-corrected chi connectivity index (χ0v) is 7.14. The Balaban J connectivity index is 2.29. The van der Waals surface area contributed by atoms with E-state index in [1.54, 1.807) is 0 Å². The first-order valence-electron chi connectivity index (χ1n) is 4.20. The van der Waals surface area contributed by atoms with Crippen molar-refractivity contribution >= 4 is 0 Å². The van der Waals surface area contributed by atoms with Crippen LogP contribution < -0.4 is 5.32 Å². The number of piperidine rings is 1. The smallest absolute Gasteiger partial charge is 0.139 e. The second-order valence-electron chi connectivity index (χ2n) is 3.23. The van der Waals surface area contributed by atoms with Crippen molar-refractivity contribution in [1.29, 1.82) is 0 Å². The van der Waals surface area contributed by atoms with E-state index >= 15 is 0 Å². The van der Waals surface area contributed by atoms with Crippen LogP contribution in [-0.4, -0.2) is 31.5 Å². The van der Waals surface area contributed by atoms with E-state index in [0.717, 1.165) is 13.0 Å². The number of hydrogen-bond acceptors (Lipinski definition) is 2. The van der Waals surface area contributed by atoms with Crippen LogP contribution in [-0.2, 0) is 4.74 Å². The summed E-state index contributed by atoms with van der Waals surface area (Å²) in [7, 11) is 0. The van der Waals surface area contributed by atoms with Gasteiger partial charge in [0.05, 0.1) is 12.2 Å². The number of hydrogen-bond donors (Lipinski definition) is 1. The molecule has 0 spiro atoms. The molecule has 1 heterocycles. The number of ether oxygens (including phenoxy) is 1. The number of rotatable bonds is 2. The molecule has 0 amide bonds. The van der Waals surface area contributed by atoms with Crippen molar-refractivity contribution in [2.45, 2.75) is 38.6 Å².